The molecule has 0 aliphatic carbocycles. The highest BCUT2D eigenvalue weighted by molar-refractivity contribution is 6.63. The van der Waals surface area contributed by atoms with E-state index in [4.69, 9.17) is 19.8 Å². The third kappa shape index (κ3) is 2.10. The molecule has 0 unspecified atom stereocenters. The molecule has 19 heavy (non-hydrogen) atoms. The molecule has 0 radical (unpaired) electrons. The molecule has 1 saturated heterocycles. The highest BCUT2D eigenvalue weighted by Crippen LogP contribution is 2.36. The lowest BCUT2D eigenvalue weighted by Gasteiger charge is -2.32. The predicted octanol–water partition coefficient (Wildman–Crippen LogP) is 1.12. The van der Waals surface area contributed by atoms with Crippen molar-refractivity contribution in [2.75, 3.05) is 0 Å². The molecule has 0 amide bonds. The zero-order valence-electron chi connectivity index (χ0n) is 11.4. The Morgan fingerprint density at radius 3 is 2.16 bits per heavy atom. The Labute approximate surface area is 112 Å². The van der Waals surface area contributed by atoms with Crippen LogP contribution in [0.15, 0.2) is 12.3 Å². The lowest BCUT2D eigenvalue weighted by atomic mass is 9.75. The molecule has 1 aliphatic rings. The molecule has 2 heterocycles. The first-order valence-corrected chi connectivity index (χ1v) is 5.97. The average molecular weight is 255 g/mol. The molecule has 1 aromatic rings. The van der Waals surface area contributed by atoms with E-state index in [1.807, 2.05) is 33.8 Å². The minimum Gasteiger partial charge on any atom is -0.399 e. The lowest BCUT2D eigenvalue weighted by Crippen LogP contribution is -2.41. The predicted molar refractivity (Wildman–Crippen MR) is 69.4 cm³/mol. The van der Waals surface area contributed by atoms with Crippen molar-refractivity contribution in [2.45, 2.75) is 38.9 Å². The fraction of sp³-hybridized carbons (Fsp3) is 0.462. The third-order valence-corrected chi connectivity index (χ3v) is 3.71. The van der Waals surface area contributed by atoms with Crippen LogP contribution in [0.1, 0.15) is 39.0 Å². The van der Waals surface area contributed by atoms with E-state index >= 15 is 0 Å². The zero-order chi connectivity index (χ0) is 14.3. The maximum atomic E-state index is 9.16. The van der Waals surface area contributed by atoms with Gasteiger partial charge in [0.25, 0.3) is 0 Å². The highest BCUT2D eigenvalue weighted by atomic mass is 16.7. The molecule has 1 fully saturated rings. The molecule has 0 saturated carbocycles. The molecule has 0 bridgehead atoms. The molecule has 2 rings (SSSR count). The van der Waals surface area contributed by atoms with Crippen LogP contribution in [-0.4, -0.2) is 23.3 Å². The molecule has 1 aromatic heterocycles. The van der Waals surface area contributed by atoms with Crippen molar-refractivity contribution in [3.05, 3.63) is 23.5 Å². The first-order chi connectivity index (χ1) is 8.82. The first kappa shape index (κ1) is 13.5. The van der Waals surface area contributed by atoms with Crippen LogP contribution in [0.4, 0.5) is 0 Å². The SMILES string of the molecule is CC1(C)OB(c2c(C#N)ccnc2C#N)OC1(C)C. The number of pyridine rings is 1. The van der Waals surface area contributed by atoms with Gasteiger partial charge in [-0.25, -0.2) is 4.98 Å². The van der Waals surface area contributed by atoms with E-state index in [-0.39, 0.29) is 5.69 Å². The Morgan fingerprint density at radius 2 is 1.68 bits per heavy atom. The van der Waals surface area contributed by atoms with E-state index in [9.17, 15) is 0 Å². The van der Waals surface area contributed by atoms with Gasteiger partial charge in [-0.15, -0.1) is 0 Å². The first-order valence-electron chi connectivity index (χ1n) is 5.97. The second-order valence-electron chi connectivity index (χ2n) is 5.43. The van der Waals surface area contributed by atoms with Gasteiger partial charge in [-0.3, -0.25) is 0 Å². The zero-order valence-corrected chi connectivity index (χ0v) is 11.4. The summed E-state index contributed by atoms with van der Waals surface area (Å²) >= 11 is 0. The Hall–Kier alpha value is -1.89. The molecule has 1 aliphatic heterocycles. The summed E-state index contributed by atoms with van der Waals surface area (Å²) in [6.07, 6.45) is 1.44. The van der Waals surface area contributed by atoms with E-state index in [0.29, 0.717) is 11.0 Å². The fourth-order valence-electron chi connectivity index (χ4n) is 1.86. The summed E-state index contributed by atoms with van der Waals surface area (Å²) in [5.41, 5.74) is -0.117. The number of aromatic nitrogens is 1. The second kappa shape index (κ2) is 4.34. The van der Waals surface area contributed by atoms with Crippen molar-refractivity contribution in [3.8, 4) is 12.1 Å². The molecule has 0 spiro atoms. The van der Waals surface area contributed by atoms with Crippen LogP contribution in [0.25, 0.3) is 0 Å². The van der Waals surface area contributed by atoms with Crippen LogP contribution in [0.3, 0.4) is 0 Å². The van der Waals surface area contributed by atoms with Gasteiger partial charge in [0.1, 0.15) is 11.8 Å². The largest absolute Gasteiger partial charge is 0.499 e. The van der Waals surface area contributed by atoms with Gasteiger partial charge in [-0.1, -0.05) is 0 Å². The molecule has 0 atom stereocenters. The van der Waals surface area contributed by atoms with E-state index in [1.165, 1.54) is 6.20 Å². The average Bonchev–Trinajstić information content (AvgIpc) is 2.57. The standard InChI is InChI=1S/C13H14BN3O2/c1-12(2)13(3,4)19-14(18-12)11-9(7-15)5-6-17-10(11)8-16/h5-6H,1-4H3. The van der Waals surface area contributed by atoms with Crippen molar-refractivity contribution < 1.29 is 9.31 Å². The molecular weight excluding hydrogens is 241 g/mol. The maximum Gasteiger partial charge on any atom is 0.499 e. The van der Waals surface area contributed by atoms with Crippen molar-refractivity contribution in [2.24, 2.45) is 0 Å². The lowest BCUT2D eigenvalue weighted by molar-refractivity contribution is 0.00578. The monoisotopic (exact) mass is 255 g/mol. The minimum absolute atomic E-state index is 0.164. The van der Waals surface area contributed by atoms with Gasteiger partial charge in [0.05, 0.1) is 22.8 Å². The Kier molecular flexibility index (Phi) is 3.10. The van der Waals surface area contributed by atoms with Gasteiger partial charge >= 0.3 is 7.12 Å². The van der Waals surface area contributed by atoms with Gasteiger partial charge in [0.15, 0.2) is 0 Å². The molecule has 96 valence electrons. The van der Waals surface area contributed by atoms with Gasteiger partial charge in [-0.2, -0.15) is 10.5 Å². The van der Waals surface area contributed by atoms with Crippen molar-refractivity contribution in [1.82, 2.24) is 4.98 Å². The summed E-state index contributed by atoms with van der Waals surface area (Å²) in [5.74, 6) is 0. The van der Waals surface area contributed by atoms with Crippen LogP contribution in [-0.2, 0) is 9.31 Å². The number of hydrogen-bond acceptors (Lipinski definition) is 5. The van der Waals surface area contributed by atoms with Gasteiger partial charge < -0.3 is 9.31 Å². The van der Waals surface area contributed by atoms with Gasteiger partial charge in [-0.05, 0) is 33.8 Å². The molecule has 0 aromatic carbocycles. The summed E-state index contributed by atoms with van der Waals surface area (Å²) in [5, 5.41) is 18.3. The summed E-state index contributed by atoms with van der Waals surface area (Å²) in [6.45, 7) is 7.67. The summed E-state index contributed by atoms with van der Waals surface area (Å²) in [7, 11) is -0.747. The smallest absolute Gasteiger partial charge is 0.399 e. The van der Waals surface area contributed by atoms with Crippen LogP contribution < -0.4 is 5.46 Å². The number of rotatable bonds is 1. The Balaban J connectivity index is 2.52. The normalized spacial score (nSPS) is 19.8. The van der Waals surface area contributed by atoms with Crippen molar-refractivity contribution in [3.63, 3.8) is 0 Å². The van der Waals surface area contributed by atoms with Crippen molar-refractivity contribution in [1.29, 1.82) is 10.5 Å². The minimum atomic E-state index is -0.747. The van der Waals surface area contributed by atoms with E-state index in [2.05, 4.69) is 11.1 Å². The maximum absolute atomic E-state index is 9.16. The van der Waals surface area contributed by atoms with E-state index in [0.717, 1.165) is 0 Å². The molecule has 6 heteroatoms. The number of nitriles is 2. The van der Waals surface area contributed by atoms with E-state index in [1.54, 1.807) is 6.07 Å². The quantitative estimate of drug-likeness (QED) is 0.702. The summed E-state index contributed by atoms with van der Waals surface area (Å²) in [6, 6.07) is 5.59. The fourth-order valence-corrected chi connectivity index (χ4v) is 1.86. The molecule has 5 nitrogen and oxygen atoms in total. The highest BCUT2D eigenvalue weighted by Gasteiger charge is 2.53. The second-order valence-corrected chi connectivity index (χ2v) is 5.43. The summed E-state index contributed by atoms with van der Waals surface area (Å²) in [4.78, 5) is 3.97. The van der Waals surface area contributed by atoms with Crippen LogP contribution in [0.2, 0.25) is 0 Å². The Bertz CT molecular complexity index is 551. The van der Waals surface area contributed by atoms with Crippen LogP contribution in [0, 0.1) is 22.7 Å². The van der Waals surface area contributed by atoms with Gasteiger partial charge in [0, 0.05) is 11.7 Å². The van der Waals surface area contributed by atoms with Crippen LogP contribution >= 0.6 is 0 Å². The number of hydrogen-bond donors (Lipinski definition) is 0. The topological polar surface area (TPSA) is 78.9 Å². The summed E-state index contributed by atoms with van der Waals surface area (Å²) < 4.78 is 11.7. The van der Waals surface area contributed by atoms with Gasteiger partial charge in [0.2, 0.25) is 0 Å². The third-order valence-electron chi connectivity index (χ3n) is 3.71. The number of nitrogens with zero attached hydrogens (tertiary/aromatic N) is 3. The molecule has 0 N–H and O–H groups in total. The molecular formula is C13H14BN3O2. The van der Waals surface area contributed by atoms with Crippen LogP contribution in [0.5, 0.6) is 0 Å². The van der Waals surface area contributed by atoms with E-state index < -0.39 is 18.3 Å². The Morgan fingerprint density at radius 1 is 1.11 bits per heavy atom. The van der Waals surface area contributed by atoms with Crippen molar-refractivity contribution >= 4 is 12.6 Å².